The standard InChI is InChI=1S/C28H32F4N6O/c1-35-16-33-34-25(35)24(18-3-2-4-18)19-8-20(29)10-21(9-19)37-13-23-22(28(30,31)32)7-17(12-38(23)26(37)39)11-36-14-27(15-36)5-6-27/h7-10,12-13,18,24-25,33-34H,2-6,11,14-16H2,1H3/t24-,25?/m0/s1. The molecule has 2 aromatic heterocycles. The predicted octanol–water partition coefficient (Wildman–Crippen LogP) is 4.05. The lowest BCUT2D eigenvalue weighted by Crippen LogP contribution is -2.47. The van der Waals surface area contributed by atoms with Crippen LogP contribution in [0.3, 0.4) is 0 Å². The van der Waals surface area contributed by atoms with Gasteiger partial charge in [-0.05, 0) is 79.5 Å². The van der Waals surface area contributed by atoms with Gasteiger partial charge >= 0.3 is 11.9 Å². The number of pyridine rings is 1. The van der Waals surface area contributed by atoms with Gasteiger partial charge in [-0.25, -0.2) is 20.0 Å². The van der Waals surface area contributed by atoms with Crippen LogP contribution in [-0.2, 0) is 12.7 Å². The summed E-state index contributed by atoms with van der Waals surface area (Å²) in [4.78, 5) is 17.8. The Bertz CT molecular complexity index is 1480. The molecule has 2 aliphatic carbocycles. The van der Waals surface area contributed by atoms with E-state index in [2.05, 4.69) is 20.7 Å². The van der Waals surface area contributed by atoms with Crippen molar-refractivity contribution in [3.8, 4) is 5.69 Å². The molecule has 3 aromatic rings. The summed E-state index contributed by atoms with van der Waals surface area (Å²) < 4.78 is 59.8. The summed E-state index contributed by atoms with van der Waals surface area (Å²) in [5.74, 6) is -0.212. The number of halogens is 4. The number of nitrogens with one attached hydrogen (secondary N) is 2. The van der Waals surface area contributed by atoms with Gasteiger partial charge in [0.1, 0.15) is 5.82 Å². The average molecular weight is 545 g/mol. The third-order valence-corrected chi connectivity index (χ3v) is 9.23. The van der Waals surface area contributed by atoms with Crippen LogP contribution in [0.2, 0.25) is 0 Å². The van der Waals surface area contributed by atoms with Crippen molar-refractivity contribution in [3.05, 3.63) is 69.7 Å². The minimum Gasteiger partial charge on any atom is -0.298 e. The first-order chi connectivity index (χ1) is 18.6. The molecule has 4 aliphatic rings. The number of fused-ring (bicyclic) bond motifs is 1. The molecule has 0 radical (unpaired) electrons. The van der Waals surface area contributed by atoms with Crippen molar-refractivity contribution in [1.29, 1.82) is 0 Å². The monoisotopic (exact) mass is 544 g/mol. The van der Waals surface area contributed by atoms with E-state index in [1.54, 1.807) is 6.07 Å². The van der Waals surface area contributed by atoms with Crippen LogP contribution in [0, 0.1) is 17.2 Å². The van der Waals surface area contributed by atoms with Crippen LogP contribution < -0.4 is 16.5 Å². The molecule has 2 aliphatic heterocycles. The maximum Gasteiger partial charge on any atom is 0.418 e. The van der Waals surface area contributed by atoms with Gasteiger partial charge in [-0.2, -0.15) is 13.2 Å². The van der Waals surface area contributed by atoms with Gasteiger partial charge in [-0.1, -0.05) is 6.42 Å². The topological polar surface area (TPSA) is 56.9 Å². The molecular weight excluding hydrogens is 512 g/mol. The van der Waals surface area contributed by atoms with Gasteiger partial charge in [0.2, 0.25) is 0 Å². The second-order valence-electron chi connectivity index (χ2n) is 12.1. The number of likely N-dealkylation sites (N-methyl/N-ethyl adjacent to an activating group) is 1. The number of hydrogen-bond acceptors (Lipinski definition) is 5. The fourth-order valence-corrected chi connectivity index (χ4v) is 6.80. The molecule has 1 unspecified atom stereocenters. The number of alkyl halides is 3. The van der Waals surface area contributed by atoms with E-state index in [0.717, 1.165) is 52.9 Å². The summed E-state index contributed by atoms with van der Waals surface area (Å²) in [5, 5.41) is 0. The summed E-state index contributed by atoms with van der Waals surface area (Å²) in [7, 11) is 1.98. The van der Waals surface area contributed by atoms with Crippen LogP contribution in [-0.4, -0.2) is 51.7 Å². The predicted molar refractivity (Wildman–Crippen MR) is 138 cm³/mol. The third kappa shape index (κ3) is 4.39. The molecule has 7 rings (SSSR count). The van der Waals surface area contributed by atoms with E-state index in [-0.39, 0.29) is 23.3 Å². The molecule has 208 valence electrons. The first-order valence-electron chi connectivity index (χ1n) is 13.7. The Morgan fingerprint density at radius 1 is 1.10 bits per heavy atom. The molecular formula is C28H32F4N6O. The molecule has 1 spiro atoms. The number of nitrogens with zero attached hydrogens (tertiary/aromatic N) is 4. The van der Waals surface area contributed by atoms with Crippen LogP contribution in [0.1, 0.15) is 54.7 Å². The summed E-state index contributed by atoms with van der Waals surface area (Å²) in [6.07, 6.45) is 3.50. The van der Waals surface area contributed by atoms with Crippen LogP contribution in [0.15, 0.2) is 41.5 Å². The fraction of sp³-hybridized carbons (Fsp3) is 0.536. The number of aromatic nitrogens is 2. The molecule has 0 bridgehead atoms. The molecule has 4 fully saturated rings. The molecule has 11 heteroatoms. The number of imidazole rings is 1. The molecule has 7 nitrogen and oxygen atoms in total. The minimum atomic E-state index is -4.64. The first kappa shape index (κ1) is 25.3. The molecule has 39 heavy (non-hydrogen) atoms. The quantitative estimate of drug-likeness (QED) is 0.459. The van der Waals surface area contributed by atoms with E-state index in [1.165, 1.54) is 37.4 Å². The van der Waals surface area contributed by atoms with Crippen molar-refractivity contribution < 1.29 is 17.6 Å². The average Bonchev–Trinajstić information content (AvgIpc) is 3.40. The van der Waals surface area contributed by atoms with E-state index < -0.39 is 23.2 Å². The zero-order valence-corrected chi connectivity index (χ0v) is 21.8. The van der Waals surface area contributed by atoms with Gasteiger partial charge < -0.3 is 0 Å². The Labute approximate surface area is 223 Å². The highest BCUT2D eigenvalue weighted by Gasteiger charge is 2.52. The Hall–Kier alpha value is -2.73. The van der Waals surface area contributed by atoms with Crippen LogP contribution >= 0.6 is 0 Å². The molecule has 2 saturated heterocycles. The Morgan fingerprint density at radius 3 is 2.49 bits per heavy atom. The van der Waals surface area contributed by atoms with Crippen LogP contribution in [0.4, 0.5) is 17.6 Å². The lowest BCUT2D eigenvalue weighted by Gasteiger charge is -2.40. The lowest BCUT2D eigenvalue weighted by atomic mass is 9.71. The SMILES string of the molecule is CN1CNNC1[C@H](c1cc(F)cc(-n2cc3c(C(F)(F)F)cc(CN4CC5(CC5)C4)cn3c2=O)c1)C1CCC1. The normalized spacial score (nSPS) is 24.3. The molecule has 2 saturated carbocycles. The summed E-state index contributed by atoms with van der Waals surface area (Å²) in [6, 6.07) is 5.61. The maximum atomic E-state index is 15.1. The van der Waals surface area contributed by atoms with Gasteiger partial charge in [0.05, 0.1) is 29.6 Å². The van der Waals surface area contributed by atoms with Crippen LogP contribution in [0.25, 0.3) is 11.2 Å². The van der Waals surface area contributed by atoms with E-state index in [4.69, 9.17) is 0 Å². The fourth-order valence-electron chi connectivity index (χ4n) is 6.80. The number of benzene rings is 1. The van der Waals surface area contributed by atoms with E-state index in [1.807, 2.05) is 7.05 Å². The second-order valence-corrected chi connectivity index (χ2v) is 12.1. The molecule has 0 amide bonds. The zero-order valence-electron chi connectivity index (χ0n) is 21.8. The van der Waals surface area contributed by atoms with Gasteiger partial charge in [0.25, 0.3) is 0 Å². The molecule has 2 atom stereocenters. The summed E-state index contributed by atoms with van der Waals surface area (Å²) in [5.41, 5.74) is 6.45. The van der Waals surface area contributed by atoms with Crippen molar-refractivity contribution in [3.63, 3.8) is 0 Å². The Balaban J connectivity index is 1.30. The van der Waals surface area contributed by atoms with Crippen molar-refractivity contribution >= 4 is 5.52 Å². The minimum absolute atomic E-state index is 0.0374. The van der Waals surface area contributed by atoms with Crippen molar-refractivity contribution in [2.45, 2.75) is 56.9 Å². The largest absolute Gasteiger partial charge is 0.418 e. The van der Waals surface area contributed by atoms with E-state index in [0.29, 0.717) is 30.1 Å². The van der Waals surface area contributed by atoms with Gasteiger partial charge in [0, 0.05) is 37.9 Å². The van der Waals surface area contributed by atoms with Crippen LogP contribution in [0.5, 0.6) is 0 Å². The molecule has 1 aromatic carbocycles. The van der Waals surface area contributed by atoms with Crippen molar-refractivity contribution in [1.82, 2.24) is 29.6 Å². The molecule has 4 heterocycles. The maximum absolute atomic E-state index is 15.1. The highest BCUT2D eigenvalue weighted by Crippen LogP contribution is 2.53. The number of likely N-dealkylation sites (tertiary alicyclic amines) is 1. The second kappa shape index (κ2) is 8.89. The first-order valence-corrected chi connectivity index (χ1v) is 13.7. The number of rotatable bonds is 6. The number of hydrogen-bond donors (Lipinski definition) is 2. The van der Waals surface area contributed by atoms with Gasteiger partial charge in [-0.15, -0.1) is 0 Å². The highest BCUT2D eigenvalue weighted by atomic mass is 19.4. The Morgan fingerprint density at radius 2 is 1.87 bits per heavy atom. The van der Waals surface area contributed by atoms with E-state index >= 15 is 4.39 Å². The smallest absolute Gasteiger partial charge is 0.298 e. The van der Waals surface area contributed by atoms with Crippen molar-refractivity contribution in [2.24, 2.45) is 11.3 Å². The summed E-state index contributed by atoms with van der Waals surface area (Å²) >= 11 is 0. The van der Waals surface area contributed by atoms with Gasteiger partial charge in [-0.3, -0.25) is 18.8 Å². The lowest BCUT2D eigenvalue weighted by molar-refractivity contribution is -0.136. The van der Waals surface area contributed by atoms with E-state index in [9.17, 15) is 18.0 Å². The third-order valence-electron chi connectivity index (χ3n) is 9.23. The summed E-state index contributed by atoms with van der Waals surface area (Å²) in [6.45, 7) is 2.77. The van der Waals surface area contributed by atoms with Crippen molar-refractivity contribution in [2.75, 3.05) is 26.8 Å². The number of hydrazine groups is 1. The highest BCUT2D eigenvalue weighted by molar-refractivity contribution is 5.58. The zero-order chi connectivity index (χ0) is 27.1. The Kier molecular flexibility index (Phi) is 5.75. The molecule has 2 N–H and O–H groups in total. The van der Waals surface area contributed by atoms with Gasteiger partial charge in [0.15, 0.2) is 0 Å².